The van der Waals surface area contributed by atoms with Gasteiger partial charge in [-0.1, -0.05) is 18.2 Å². The number of carbonyl (C=O) groups is 1. The normalized spacial score (nSPS) is 16.1. The lowest BCUT2D eigenvalue weighted by molar-refractivity contribution is 0.0711. The van der Waals surface area contributed by atoms with Crippen LogP contribution in [-0.4, -0.2) is 43.3 Å². The van der Waals surface area contributed by atoms with Gasteiger partial charge in [-0.3, -0.25) is 9.78 Å². The quantitative estimate of drug-likeness (QED) is 0.914. The summed E-state index contributed by atoms with van der Waals surface area (Å²) in [7, 11) is -3.51. The highest BCUT2D eigenvalue weighted by molar-refractivity contribution is 7.89. The maximum atomic E-state index is 12.4. The molecule has 0 aliphatic carbocycles. The highest BCUT2D eigenvalue weighted by Gasteiger charge is 2.27. The monoisotopic (exact) mass is 345 g/mol. The third-order valence-electron chi connectivity index (χ3n) is 4.08. The third kappa shape index (κ3) is 3.80. The number of amides is 1. The van der Waals surface area contributed by atoms with Gasteiger partial charge in [0.15, 0.2) is 0 Å². The van der Waals surface area contributed by atoms with Crippen LogP contribution in [0.2, 0.25) is 0 Å². The first-order chi connectivity index (χ1) is 11.6. The maximum Gasteiger partial charge on any atom is 0.253 e. The van der Waals surface area contributed by atoms with Crippen molar-refractivity contribution in [2.24, 2.45) is 0 Å². The van der Waals surface area contributed by atoms with Gasteiger partial charge in [0.1, 0.15) is 0 Å². The number of pyridine rings is 1. The van der Waals surface area contributed by atoms with Crippen molar-refractivity contribution in [3.8, 4) is 0 Å². The summed E-state index contributed by atoms with van der Waals surface area (Å²) in [4.78, 5) is 18.3. The summed E-state index contributed by atoms with van der Waals surface area (Å²) < 4.78 is 27.4. The van der Waals surface area contributed by atoms with E-state index in [1.54, 1.807) is 59.8 Å². The summed E-state index contributed by atoms with van der Waals surface area (Å²) in [5, 5.41) is 0. The first-order valence-corrected chi connectivity index (χ1v) is 9.31. The topological polar surface area (TPSA) is 79.4 Å². The summed E-state index contributed by atoms with van der Waals surface area (Å²) in [6.45, 7) is 1.06. The van der Waals surface area contributed by atoms with Crippen molar-refractivity contribution in [2.75, 3.05) is 13.1 Å². The molecule has 7 heteroatoms. The molecule has 1 amide bonds. The maximum absolute atomic E-state index is 12.4. The average molecular weight is 345 g/mol. The van der Waals surface area contributed by atoms with E-state index in [2.05, 4.69) is 9.71 Å². The van der Waals surface area contributed by atoms with E-state index in [0.29, 0.717) is 31.5 Å². The minimum absolute atomic E-state index is 0.0400. The van der Waals surface area contributed by atoms with Crippen molar-refractivity contribution in [1.82, 2.24) is 14.6 Å². The lowest BCUT2D eigenvalue weighted by atomic mass is 10.1. The van der Waals surface area contributed by atoms with Gasteiger partial charge in [0.05, 0.1) is 4.90 Å². The number of benzene rings is 1. The summed E-state index contributed by atoms with van der Waals surface area (Å²) in [5.41, 5.74) is 0.605. The number of hydrogen-bond donors (Lipinski definition) is 1. The highest BCUT2D eigenvalue weighted by Crippen LogP contribution is 2.16. The van der Waals surface area contributed by atoms with Gasteiger partial charge in [-0.05, 0) is 37.1 Å². The Hall–Kier alpha value is -2.25. The second-order valence-corrected chi connectivity index (χ2v) is 7.45. The predicted octanol–water partition coefficient (Wildman–Crippen LogP) is 1.66. The van der Waals surface area contributed by atoms with Crippen molar-refractivity contribution in [3.63, 3.8) is 0 Å². The molecule has 1 aromatic carbocycles. The zero-order chi connectivity index (χ0) is 17.0. The number of aromatic nitrogens is 1. The van der Waals surface area contributed by atoms with Crippen LogP contribution >= 0.6 is 0 Å². The smallest absolute Gasteiger partial charge is 0.253 e. The molecule has 1 N–H and O–H groups in total. The van der Waals surface area contributed by atoms with Gasteiger partial charge in [-0.15, -0.1) is 0 Å². The zero-order valence-corrected chi connectivity index (χ0v) is 13.9. The fraction of sp³-hybridized carbons (Fsp3) is 0.294. The molecule has 0 radical (unpaired) electrons. The molecule has 1 aliphatic rings. The Balaban J connectivity index is 1.59. The van der Waals surface area contributed by atoms with Crippen LogP contribution in [0.1, 0.15) is 23.2 Å². The molecule has 6 nitrogen and oxygen atoms in total. The van der Waals surface area contributed by atoms with Gasteiger partial charge in [0.25, 0.3) is 5.91 Å². The van der Waals surface area contributed by atoms with E-state index in [0.717, 1.165) is 0 Å². The van der Waals surface area contributed by atoms with E-state index >= 15 is 0 Å². The molecule has 3 rings (SSSR count). The molecule has 1 fully saturated rings. The Morgan fingerprint density at radius 1 is 1.04 bits per heavy atom. The largest absolute Gasteiger partial charge is 0.339 e. The average Bonchev–Trinajstić information content (AvgIpc) is 2.63. The van der Waals surface area contributed by atoms with Gasteiger partial charge >= 0.3 is 0 Å². The van der Waals surface area contributed by atoms with Gasteiger partial charge in [0, 0.05) is 37.1 Å². The van der Waals surface area contributed by atoms with Crippen molar-refractivity contribution < 1.29 is 13.2 Å². The lowest BCUT2D eigenvalue weighted by Gasteiger charge is -2.32. The lowest BCUT2D eigenvalue weighted by Crippen LogP contribution is -2.46. The van der Waals surface area contributed by atoms with Crippen molar-refractivity contribution >= 4 is 15.9 Å². The molecule has 126 valence electrons. The summed E-state index contributed by atoms with van der Waals surface area (Å²) >= 11 is 0. The molecule has 24 heavy (non-hydrogen) atoms. The Morgan fingerprint density at radius 2 is 1.67 bits per heavy atom. The SMILES string of the molecule is O=C(c1ccncc1)N1CCC(NS(=O)(=O)c2ccccc2)CC1. The van der Waals surface area contributed by atoms with Gasteiger partial charge in [-0.2, -0.15) is 0 Å². The molecule has 1 saturated heterocycles. The number of nitrogens with zero attached hydrogens (tertiary/aromatic N) is 2. The molecule has 1 aliphatic heterocycles. The highest BCUT2D eigenvalue weighted by atomic mass is 32.2. The third-order valence-corrected chi connectivity index (χ3v) is 5.62. The van der Waals surface area contributed by atoms with Crippen molar-refractivity contribution in [2.45, 2.75) is 23.8 Å². The Kier molecular flexibility index (Phi) is 4.92. The second-order valence-electron chi connectivity index (χ2n) is 5.74. The fourth-order valence-corrected chi connectivity index (χ4v) is 4.09. The van der Waals surface area contributed by atoms with Gasteiger partial charge in [-0.25, -0.2) is 13.1 Å². The standard InChI is InChI=1S/C17H19N3O3S/c21-17(14-6-10-18-11-7-14)20-12-8-15(9-13-20)19-24(22,23)16-4-2-1-3-5-16/h1-7,10-11,15,19H,8-9,12-13H2. The van der Waals surface area contributed by atoms with E-state index in [4.69, 9.17) is 0 Å². The summed E-state index contributed by atoms with van der Waals surface area (Å²) in [6, 6.07) is 11.5. The number of hydrogen-bond acceptors (Lipinski definition) is 4. The van der Waals surface area contributed by atoms with Crippen LogP contribution < -0.4 is 4.72 Å². The van der Waals surface area contributed by atoms with Gasteiger partial charge in [0.2, 0.25) is 10.0 Å². The Morgan fingerprint density at radius 3 is 2.29 bits per heavy atom. The molecule has 0 saturated carbocycles. The van der Waals surface area contributed by atoms with Crippen LogP contribution in [0.15, 0.2) is 59.8 Å². The van der Waals surface area contributed by atoms with Crippen LogP contribution in [0.3, 0.4) is 0 Å². The Bertz CT molecular complexity index is 786. The second kappa shape index (κ2) is 7.11. The number of piperidine rings is 1. The molecular formula is C17H19N3O3S. The summed E-state index contributed by atoms with van der Waals surface area (Å²) in [5.74, 6) is -0.0400. The van der Waals surface area contributed by atoms with Crippen LogP contribution in [0.5, 0.6) is 0 Å². The number of sulfonamides is 1. The number of likely N-dealkylation sites (tertiary alicyclic amines) is 1. The van der Waals surface area contributed by atoms with Gasteiger partial charge < -0.3 is 4.90 Å². The predicted molar refractivity (Wildman–Crippen MR) is 89.9 cm³/mol. The van der Waals surface area contributed by atoms with E-state index in [-0.39, 0.29) is 16.8 Å². The van der Waals surface area contributed by atoms with Crippen LogP contribution in [0.25, 0.3) is 0 Å². The van der Waals surface area contributed by atoms with Crippen LogP contribution in [0, 0.1) is 0 Å². The first kappa shape index (κ1) is 16.6. The molecule has 0 spiro atoms. The number of nitrogens with one attached hydrogen (secondary N) is 1. The van der Waals surface area contributed by atoms with Crippen LogP contribution in [0.4, 0.5) is 0 Å². The van der Waals surface area contributed by atoms with E-state index in [1.165, 1.54) is 0 Å². The van der Waals surface area contributed by atoms with Crippen molar-refractivity contribution in [3.05, 3.63) is 60.4 Å². The minimum atomic E-state index is -3.51. The number of rotatable bonds is 4. The van der Waals surface area contributed by atoms with E-state index in [9.17, 15) is 13.2 Å². The molecule has 0 atom stereocenters. The summed E-state index contributed by atoms with van der Waals surface area (Å²) in [6.07, 6.45) is 4.38. The number of carbonyl (C=O) groups excluding carboxylic acids is 1. The van der Waals surface area contributed by atoms with Crippen molar-refractivity contribution in [1.29, 1.82) is 0 Å². The molecule has 2 heterocycles. The van der Waals surface area contributed by atoms with Crippen LogP contribution in [-0.2, 0) is 10.0 Å². The fourth-order valence-electron chi connectivity index (χ4n) is 2.76. The van der Waals surface area contributed by atoms with E-state index in [1.807, 2.05) is 0 Å². The van der Waals surface area contributed by atoms with E-state index < -0.39 is 10.0 Å². The minimum Gasteiger partial charge on any atom is -0.339 e. The molecular weight excluding hydrogens is 326 g/mol. The first-order valence-electron chi connectivity index (χ1n) is 7.83. The molecule has 0 unspecified atom stereocenters. The molecule has 0 bridgehead atoms. The molecule has 1 aromatic heterocycles. The molecule has 2 aromatic rings. The Labute approximate surface area is 141 Å². The zero-order valence-electron chi connectivity index (χ0n) is 13.1.